The maximum Gasteiger partial charge on any atom is 0.240 e. The number of aromatic nitrogens is 1. The van der Waals surface area contributed by atoms with Crippen LogP contribution in [-0.4, -0.2) is 13.6 Å². The summed E-state index contributed by atoms with van der Waals surface area (Å²) in [5.74, 6) is 0.580. The lowest BCUT2D eigenvalue weighted by molar-refractivity contribution is 0.392. The summed E-state index contributed by atoms with van der Waals surface area (Å²) in [5.41, 5.74) is 1.66. The minimum atomic E-state index is -3.67. The molecule has 2 rings (SSSR count). The van der Waals surface area contributed by atoms with Gasteiger partial charge in [-0.15, -0.1) is 0 Å². The molecule has 1 aromatic carbocycles. The summed E-state index contributed by atoms with van der Waals surface area (Å²) in [6, 6.07) is 7.76. The van der Waals surface area contributed by atoms with Gasteiger partial charge < -0.3 is 4.52 Å². The maximum absolute atomic E-state index is 12.1. The molecule has 0 amide bonds. The van der Waals surface area contributed by atoms with Crippen molar-refractivity contribution < 1.29 is 12.9 Å². The molecule has 1 heterocycles. The zero-order valence-corrected chi connectivity index (χ0v) is 11.9. The molecule has 1 N–H and O–H groups in total. The molecule has 0 radical (unpaired) electrons. The fourth-order valence-electron chi connectivity index (χ4n) is 1.74. The largest absolute Gasteiger partial charge is 0.361 e. The van der Waals surface area contributed by atoms with Crippen LogP contribution in [0.5, 0.6) is 0 Å². The van der Waals surface area contributed by atoms with Gasteiger partial charge in [-0.2, -0.15) is 5.26 Å². The molecule has 0 saturated heterocycles. The highest BCUT2D eigenvalue weighted by atomic mass is 32.2. The first-order chi connectivity index (χ1) is 9.44. The van der Waals surface area contributed by atoms with Crippen molar-refractivity contribution in [2.24, 2.45) is 0 Å². The zero-order valence-electron chi connectivity index (χ0n) is 11.0. The number of hydrogen-bond donors (Lipinski definition) is 1. The lowest BCUT2D eigenvalue weighted by Crippen LogP contribution is -2.23. The number of hydrogen-bond acceptors (Lipinski definition) is 5. The van der Waals surface area contributed by atoms with Crippen LogP contribution in [0.1, 0.15) is 22.6 Å². The second-order valence-corrected chi connectivity index (χ2v) is 6.03. The van der Waals surface area contributed by atoms with Gasteiger partial charge >= 0.3 is 0 Å². The average molecular weight is 291 g/mol. The Morgan fingerprint density at radius 2 is 2.15 bits per heavy atom. The molecule has 7 heteroatoms. The number of aryl methyl sites for hydroxylation is 2. The summed E-state index contributed by atoms with van der Waals surface area (Å²) < 4.78 is 31.7. The Labute approximate surface area is 117 Å². The van der Waals surface area contributed by atoms with Crippen LogP contribution < -0.4 is 4.72 Å². The molecule has 0 bridgehead atoms. The molecule has 0 atom stereocenters. The average Bonchev–Trinajstić information content (AvgIpc) is 2.76. The van der Waals surface area contributed by atoms with Crippen molar-refractivity contribution in [1.29, 1.82) is 5.26 Å². The molecule has 0 aliphatic heterocycles. The molecule has 0 aliphatic carbocycles. The number of rotatable bonds is 4. The quantitative estimate of drug-likeness (QED) is 0.923. The molecule has 0 unspecified atom stereocenters. The second-order valence-electron chi connectivity index (χ2n) is 4.27. The van der Waals surface area contributed by atoms with Gasteiger partial charge in [-0.3, -0.25) is 0 Å². The van der Waals surface area contributed by atoms with Crippen molar-refractivity contribution in [2.75, 3.05) is 0 Å². The van der Waals surface area contributed by atoms with E-state index >= 15 is 0 Å². The molecule has 20 heavy (non-hydrogen) atoms. The third-order valence-electron chi connectivity index (χ3n) is 2.89. The topological polar surface area (TPSA) is 96.0 Å². The van der Waals surface area contributed by atoms with Gasteiger partial charge in [-0.1, -0.05) is 11.2 Å². The Morgan fingerprint density at radius 3 is 2.75 bits per heavy atom. The SMILES string of the molecule is Cc1noc(C)c1CNS(=O)(=O)c1cccc(C#N)c1. The van der Waals surface area contributed by atoms with Crippen LogP contribution in [-0.2, 0) is 16.6 Å². The Balaban J connectivity index is 2.22. The first-order valence-electron chi connectivity index (χ1n) is 5.85. The van der Waals surface area contributed by atoms with Gasteiger partial charge in [0.15, 0.2) is 0 Å². The normalized spacial score (nSPS) is 11.2. The van der Waals surface area contributed by atoms with E-state index in [9.17, 15) is 8.42 Å². The third-order valence-corrected chi connectivity index (χ3v) is 4.29. The van der Waals surface area contributed by atoms with Gasteiger partial charge in [0.2, 0.25) is 10.0 Å². The lowest BCUT2D eigenvalue weighted by atomic mass is 10.2. The summed E-state index contributed by atoms with van der Waals surface area (Å²) in [6.07, 6.45) is 0. The molecule has 6 nitrogen and oxygen atoms in total. The van der Waals surface area contributed by atoms with Crippen LogP contribution in [0.3, 0.4) is 0 Å². The summed E-state index contributed by atoms with van der Waals surface area (Å²) in [7, 11) is -3.67. The Bertz CT molecular complexity index is 753. The van der Waals surface area contributed by atoms with E-state index in [0.717, 1.165) is 0 Å². The molecule has 1 aromatic heterocycles. The van der Waals surface area contributed by atoms with Gasteiger partial charge in [-0.05, 0) is 32.0 Å². The minimum Gasteiger partial charge on any atom is -0.361 e. The molecule has 104 valence electrons. The van der Waals surface area contributed by atoms with Gasteiger partial charge in [0.05, 0.1) is 22.2 Å². The van der Waals surface area contributed by atoms with Crippen LogP contribution >= 0.6 is 0 Å². The second kappa shape index (κ2) is 5.45. The van der Waals surface area contributed by atoms with Gasteiger partial charge in [0.1, 0.15) is 5.76 Å². The Morgan fingerprint density at radius 1 is 1.40 bits per heavy atom. The monoisotopic (exact) mass is 291 g/mol. The molecular weight excluding hydrogens is 278 g/mol. The van der Waals surface area contributed by atoms with Gasteiger partial charge in [0, 0.05) is 12.1 Å². The maximum atomic E-state index is 12.1. The van der Waals surface area contributed by atoms with E-state index < -0.39 is 10.0 Å². The highest BCUT2D eigenvalue weighted by molar-refractivity contribution is 7.89. The van der Waals surface area contributed by atoms with Crippen LogP contribution in [0.2, 0.25) is 0 Å². The number of sulfonamides is 1. The van der Waals surface area contributed by atoms with Crippen molar-refractivity contribution in [3.05, 3.63) is 46.8 Å². The van der Waals surface area contributed by atoms with E-state index in [1.807, 2.05) is 6.07 Å². The van der Waals surface area contributed by atoms with E-state index in [1.54, 1.807) is 19.9 Å². The highest BCUT2D eigenvalue weighted by Gasteiger charge is 2.17. The first kappa shape index (κ1) is 14.2. The third kappa shape index (κ3) is 2.87. The lowest BCUT2D eigenvalue weighted by Gasteiger charge is -2.06. The molecular formula is C13H13N3O3S. The molecule has 0 spiro atoms. The molecule has 0 saturated carbocycles. The zero-order chi connectivity index (χ0) is 14.8. The number of nitriles is 1. The number of benzene rings is 1. The van der Waals surface area contributed by atoms with Crippen LogP contribution in [0, 0.1) is 25.2 Å². The number of nitrogens with zero attached hydrogens (tertiary/aromatic N) is 2. The highest BCUT2D eigenvalue weighted by Crippen LogP contribution is 2.15. The predicted octanol–water partition coefficient (Wildman–Crippen LogP) is 1.64. The Kier molecular flexibility index (Phi) is 3.88. The van der Waals surface area contributed by atoms with Gasteiger partial charge in [0.25, 0.3) is 0 Å². The first-order valence-corrected chi connectivity index (χ1v) is 7.34. The molecule has 0 fully saturated rings. The summed E-state index contributed by atoms with van der Waals surface area (Å²) >= 11 is 0. The smallest absolute Gasteiger partial charge is 0.240 e. The van der Waals surface area contributed by atoms with Crippen molar-refractivity contribution in [3.63, 3.8) is 0 Å². The van der Waals surface area contributed by atoms with E-state index in [0.29, 0.717) is 22.6 Å². The van der Waals surface area contributed by atoms with Gasteiger partial charge in [-0.25, -0.2) is 13.1 Å². The van der Waals surface area contributed by atoms with Crippen LogP contribution in [0.15, 0.2) is 33.7 Å². The summed E-state index contributed by atoms with van der Waals surface area (Å²) in [6.45, 7) is 3.57. The van der Waals surface area contributed by atoms with E-state index in [2.05, 4.69) is 9.88 Å². The standard InChI is InChI=1S/C13H13N3O3S/c1-9-13(10(2)19-16-9)8-15-20(17,18)12-5-3-4-11(6-12)7-14/h3-6,15H,8H2,1-2H3. The summed E-state index contributed by atoms with van der Waals surface area (Å²) in [4.78, 5) is 0.0586. The predicted molar refractivity (Wildman–Crippen MR) is 71.2 cm³/mol. The van der Waals surface area contributed by atoms with E-state index in [1.165, 1.54) is 18.2 Å². The van der Waals surface area contributed by atoms with Crippen molar-refractivity contribution >= 4 is 10.0 Å². The van der Waals surface area contributed by atoms with E-state index in [4.69, 9.17) is 9.78 Å². The molecule has 2 aromatic rings. The Hall–Kier alpha value is -2.17. The van der Waals surface area contributed by atoms with Crippen molar-refractivity contribution in [3.8, 4) is 6.07 Å². The van der Waals surface area contributed by atoms with Crippen LogP contribution in [0.25, 0.3) is 0 Å². The van der Waals surface area contributed by atoms with E-state index in [-0.39, 0.29) is 11.4 Å². The van der Waals surface area contributed by atoms with Crippen molar-refractivity contribution in [2.45, 2.75) is 25.3 Å². The minimum absolute atomic E-state index is 0.0586. The number of nitrogens with one attached hydrogen (secondary N) is 1. The van der Waals surface area contributed by atoms with Crippen molar-refractivity contribution in [1.82, 2.24) is 9.88 Å². The summed E-state index contributed by atoms with van der Waals surface area (Å²) in [5, 5.41) is 12.6. The molecule has 0 aliphatic rings. The fraction of sp³-hybridized carbons (Fsp3) is 0.231. The fourth-order valence-corrected chi connectivity index (χ4v) is 2.78. The van der Waals surface area contributed by atoms with Crippen LogP contribution in [0.4, 0.5) is 0 Å².